The van der Waals surface area contributed by atoms with Crippen molar-refractivity contribution in [3.8, 4) is 0 Å². The number of H-pyrrole nitrogens is 1. The molecule has 94 valence electrons. The number of benzene rings is 1. The van der Waals surface area contributed by atoms with E-state index in [1.165, 1.54) is 25.7 Å². The van der Waals surface area contributed by atoms with Crippen molar-refractivity contribution in [1.82, 2.24) is 4.98 Å². The summed E-state index contributed by atoms with van der Waals surface area (Å²) in [7, 11) is 0. The Morgan fingerprint density at radius 1 is 1.22 bits per heavy atom. The summed E-state index contributed by atoms with van der Waals surface area (Å²) in [5, 5.41) is 1.44. The van der Waals surface area contributed by atoms with Crippen molar-refractivity contribution in [3.63, 3.8) is 0 Å². The van der Waals surface area contributed by atoms with Gasteiger partial charge < -0.3 is 4.98 Å². The molecule has 0 aliphatic heterocycles. The summed E-state index contributed by atoms with van der Waals surface area (Å²) in [4.78, 5) is 15.5. The molecule has 0 bridgehead atoms. The second-order valence-corrected chi connectivity index (χ2v) is 5.62. The minimum absolute atomic E-state index is 0.102. The van der Waals surface area contributed by atoms with E-state index in [2.05, 4.69) is 4.98 Å². The van der Waals surface area contributed by atoms with Crippen LogP contribution in [0.5, 0.6) is 0 Å². The number of aromatic nitrogens is 1. The zero-order valence-corrected chi connectivity index (χ0v) is 11.2. The molecule has 0 atom stereocenters. The predicted octanol–water partition coefficient (Wildman–Crippen LogP) is 4.15. The molecule has 0 saturated heterocycles. The summed E-state index contributed by atoms with van der Waals surface area (Å²) >= 11 is 6.13. The van der Waals surface area contributed by atoms with Crippen LogP contribution in [0.15, 0.2) is 23.0 Å². The molecule has 1 aliphatic rings. The standard InChI is InChI=1S/C15H16ClNO/c1-9-6-11-14(7-12(9)16)17-13(8-15(11)18)10-4-2-3-5-10/h6-8,10H,2-5H2,1H3,(H,17,18). The van der Waals surface area contributed by atoms with Crippen LogP contribution in [0.1, 0.15) is 42.9 Å². The molecule has 1 saturated carbocycles. The zero-order valence-electron chi connectivity index (χ0n) is 10.4. The molecule has 2 aromatic rings. The van der Waals surface area contributed by atoms with Crippen LogP contribution >= 0.6 is 11.6 Å². The molecule has 2 nitrogen and oxygen atoms in total. The second kappa shape index (κ2) is 4.43. The van der Waals surface area contributed by atoms with E-state index in [-0.39, 0.29) is 5.43 Å². The summed E-state index contributed by atoms with van der Waals surface area (Å²) in [6.45, 7) is 1.92. The number of pyridine rings is 1. The zero-order chi connectivity index (χ0) is 12.7. The Balaban J connectivity index is 2.20. The molecule has 1 fully saturated rings. The summed E-state index contributed by atoms with van der Waals surface area (Å²) in [6.07, 6.45) is 4.89. The Labute approximate surface area is 111 Å². The largest absolute Gasteiger partial charge is 0.358 e. The second-order valence-electron chi connectivity index (χ2n) is 5.22. The molecular weight excluding hydrogens is 246 g/mol. The molecule has 1 aromatic heterocycles. The van der Waals surface area contributed by atoms with E-state index >= 15 is 0 Å². The maximum Gasteiger partial charge on any atom is 0.189 e. The third-order valence-corrected chi connectivity index (χ3v) is 4.33. The molecule has 18 heavy (non-hydrogen) atoms. The molecule has 0 amide bonds. The lowest BCUT2D eigenvalue weighted by Crippen LogP contribution is -2.07. The predicted molar refractivity (Wildman–Crippen MR) is 75.5 cm³/mol. The molecule has 0 spiro atoms. The molecule has 1 N–H and O–H groups in total. The highest BCUT2D eigenvalue weighted by Crippen LogP contribution is 2.33. The topological polar surface area (TPSA) is 32.9 Å². The van der Waals surface area contributed by atoms with Crippen LogP contribution in [0.2, 0.25) is 5.02 Å². The maximum absolute atomic E-state index is 12.2. The highest BCUT2D eigenvalue weighted by atomic mass is 35.5. The Hall–Kier alpha value is -1.28. The van der Waals surface area contributed by atoms with Gasteiger partial charge in [0.05, 0.1) is 5.52 Å². The number of aromatic amines is 1. The van der Waals surface area contributed by atoms with E-state index in [0.717, 1.165) is 22.2 Å². The van der Waals surface area contributed by atoms with E-state index < -0.39 is 0 Å². The minimum Gasteiger partial charge on any atom is -0.358 e. The van der Waals surface area contributed by atoms with Gasteiger partial charge in [0.25, 0.3) is 0 Å². The molecule has 3 heteroatoms. The number of hydrogen-bond acceptors (Lipinski definition) is 1. The van der Waals surface area contributed by atoms with E-state index in [1.54, 1.807) is 6.07 Å². The Morgan fingerprint density at radius 2 is 1.94 bits per heavy atom. The van der Waals surface area contributed by atoms with Gasteiger partial charge in [-0.15, -0.1) is 0 Å². The van der Waals surface area contributed by atoms with Crippen LogP contribution in [0, 0.1) is 6.92 Å². The molecule has 1 aliphatic carbocycles. The molecular formula is C15H16ClNO. The molecule has 1 aromatic carbocycles. The summed E-state index contributed by atoms with van der Waals surface area (Å²) in [5.74, 6) is 0.516. The quantitative estimate of drug-likeness (QED) is 0.822. The SMILES string of the molecule is Cc1cc2c(=O)cc(C3CCCC3)[nH]c2cc1Cl. The van der Waals surface area contributed by atoms with E-state index in [1.807, 2.05) is 19.1 Å². The summed E-state index contributed by atoms with van der Waals surface area (Å²) in [6, 6.07) is 5.51. The number of rotatable bonds is 1. The average molecular weight is 262 g/mol. The fourth-order valence-electron chi connectivity index (χ4n) is 2.86. The first kappa shape index (κ1) is 11.8. The van der Waals surface area contributed by atoms with Crippen molar-refractivity contribution in [2.45, 2.75) is 38.5 Å². The molecule has 0 radical (unpaired) electrons. The average Bonchev–Trinajstić information content (AvgIpc) is 2.85. The number of halogens is 1. The van der Waals surface area contributed by atoms with Crippen molar-refractivity contribution in [3.05, 3.63) is 44.7 Å². The Bertz CT molecular complexity index is 653. The lowest BCUT2D eigenvalue weighted by Gasteiger charge is -2.11. The van der Waals surface area contributed by atoms with Crippen molar-refractivity contribution < 1.29 is 0 Å². The van der Waals surface area contributed by atoms with Gasteiger partial charge in [-0.25, -0.2) is 0 Å². The maximum atomic E-state index is 12.2. The van der Waals surface area contributed by atoms with Gasteiger partial charge in [-0.1, -0.05) is 24.4 Å². The Kier molecular flexibility index (Phi) is 2.90. The molecule has 0 unspecified atom stereocenters. The van der Waals surface area contributed by atoms with Crippen molar-refractivity contribution in [2.75, 3.05) is 0 Å². The van der Waals surface area contributed by atoms with Gasteiger partial charge >= 0.3 is 0 Å². The molecule has 1 heterocycles. The first-order chi connectivity index (χ1) is 8.65. The van der Waals surface area contributed by atoms with Crippen molar-refractivity contribution >= 4 is 22.5 Å². The van der Waals surface area contributed by atoms with Gasteiger partial charge in [-0.3, -0.25) is 4.79 Å². The van der Waals surface area contributed by atoms with Crippen LogP contribution in [0.25, 0.3) is 10.9 Å². The Morgan fingerprint density at radius 3 is 2.67 bits per heavy atom. The minimum atomic E-state index is 0.102. The first-order valence-corrected chi connectivity index (χ1v) is 6.86. The summed E-state index contributed by atoms with van der Waals surface area (Å²) < 4.78 is 0. The van der Waals surface area contributed by atoms with Crippen LogP contribution in [-0.4, -0.2) is 4.98 Å². The lowest BCUT2D eigenvalue weighted by atomic mass is 10.0. The van der Waals surface area contributed by atoms with Crippen LogP contribution in [-0.2, 0) is 0 Å². The number of fused-ring (bicyclic) bond motifs is 1. The summed E-state index contributed by atoms with van der Waals surface area (Å²) in [5.41, 5.74) is 2.98. The smallest absolute Gasteiger partial charge is 0.189 e. The van der Waals surface area contributed by atoms with Gasteiger partial charge in [-0.05, 0) is 43.4 Å². The van der Waals surface area contributed by atoms with Crippen LogP contribution in [0.4, 0.5) is 0 Å². The van der Waals surface area contributed by atoms with Gasteiger partial charge in [0.15, 0.2) is 5.43 Å². The number of nitrogens with one attached hydrogen (secondary N) is 1. The van der Waals surface area contributed by atoms with Gasteiger partial charge in [0.1, 0.15) is 0 Å². The van der Waals surface area contributed by atoms with E-state index in [4.69, 9.17) is 11.6 Å². The lowest BCUT2D eigenvalue weighted by molar-refractivity contribution is 0.700. The molecule has 3 rings (SSSR count). The van der Waals surface area contributed by atoms with Crippen molar-refractivity contribution in [1.29, 1.82) is 0 Å². The van der Waals surface area contributed by atoms with Gasteiger partial charge in [0.2, 0.25) is 0 Å². The normalized spacial score (nSPS) is 16.6. The first-order valence-electron chi connectivity index (χ1n) is 6.48. The fourth-order valence-corrected chi connectivity index (χ4v) is 3.02. The van der Waals surface area contributed by atoms with E-state index in [0.29, 0.717) is 10.9 Å². The van der Waals surface area contributed by atoms with Crippen molar-refractivity contribution in [2.24, 2.45) is 0 Å². The van der Waals surface area contributed by atoms with Gasteiger partial charge in [-0.2, -0.15) is 0 Å². The van der Waals surface area contributed by atoms with Crippen LogP contribution < -0.4 is 5.43 Å². The number of hydrogen-bond donors (Lipinski definition) is 1. The van der Waals surface area contributed by atoms with Gasteiger partial charge in [0, 0.05) is 22.2 Å². The highest BCUT2D eigenvalue weighted by Gasteiger charge is 2.18. The van der Waals surface area contributed by atoms with E-state index in [9.17, 15) is 4.79 Å². The van der Waals surface area contributed by atoms with Crippen LogP contribution in [0.3, 0.4) is 0 Å². The highest BCUT2D eigenvalue weighted by molar-refractivity contribution is 6.32. The third kappa shape index (κ3) is 1.95. The third-order valence-electron chi connectivity index (χ3n) is 3.92. The fraction of sp³-hybridized carbons (Fsp3) is 0.400. The monoisotopic (exact) mass is 261 g/mol. The number of aryl methyl sites for hydroxylation is 1.